The van der Waals surface area contributed by atoms with Crippen molar-refractivity contribution >= 4 is 15.9 Å². The molecule has 1 atom stereocenters. The highest BCUT2D eigenvalue weighted by molar-refractivity contribution is 7.91. The molecule has 118 valence electrons. The van der Waals surface area contributed by atoms with Crippen molar-refractivity contribution in [3.05, 3.63) is 18.2 Å². The van der Waals surface area contributed by atoms with Gasteiger partial charge in [0.2, 0.25) is 0 Å². The molecule has 0 radical (unpaired) electrons. The first-order valence-corrected chi connectivity index (χ1v) is 8.66. The fraction of sp³-hybridized carbons (Fsp3) is 0.692. The number of nitrogens with zero attached hydrogens (tertiary/aromatic N) is 2. The van der Waals surface area contributed by atoms with E-state index in [1.54, 1.807) is 33.3 Å². The van der Waals surface area contributed by atoms with Crippen molar-refractivity contribution in [2.45, 2.75) is 45.4 Å². The zero-order chi connectivity index (χ0) is 15.7. The van der Waals surface area contributed by atoms with E-state index >= 15 is 0 Å². The summed E-state index contributed by atoms with van der Waals surface area (Å²) in [5.74, 6) is 0.331. The van der Waals surface area contributed by atoms with Crippen LogP contribution in [0.3, 0.4) is 0 Å². The van der Waals surface area contributed by atoms with E-state index < -0.39 is 21.5 Å². The third kappa shape index (κ3) is 4.45. The van der Waals surface area contributed by atoms with Gasteiger partial charge < -0.3 is 14.6 Å². The number of hydrogen-bond donors (Lipinski definition) is 1. The van der Waals surface area contributed by atoms with Crippen LogP contribution in [0.15, 0.2) is 12.5 Å². The topological polar surface area (TPSA) is 90.3 Å². The molecule has 2 heterocycles. The molecule has 1 N–H and O–H groups in total. The number of ether oxygens (including phenoxy) is 1. The van der Waals surface area contributed by atoms with Gasteiger partial charge in [0.15, 0.2) is 9.84 Å². The molecular formula is C13H21N3O4S. The van der Waals surface area contributed by atoms with E-state index in [4.69, 9.17) is 4.74 Å². The van der Waals surface area contributed by atoms with Crippen molar-refractivity contribution in [1.29, 1.82) is 0 Å². The number of hydrogen-bond acceptors (Lipinski definition) is 5. The third-order valence-corrected chi connectivity index (χ3v) is 4.91. The predicted octanol–water partition coefficient (Wildman–Crippen LogP) is 1.27. The second kappa shape index (κ2) is 5.67. The lowest BCUT2D eigenvalue weighted by Crippen LogP contribution is -2.32. The summed E-state index contributed by atoms with van der Waals surface area (Å²) in [7, 11) is -2.95. The molecule has 1 amide bonds. The van der Waals surface area contributed by atoms with Crippen molar-refractivity contribution in [1.82, 2.24) is 14.9 Å². The smallest absolute Gasteiger partial charge is 0.407 e. The zero-order valence-corrected chi connectivity index (χ0v) is 13.3. The van der Waals surface area contributed by atoms with Crippen LogP contribution in [-0.2, 0) is 21.1 Å². The van der Waals surface area contributed by atoms with E-state index in [1.807, 2.05) is 4.57 Å². The van der Waals surface area contributed by atoms with Crippen LogP contribution in [0, 0.1) is 0 Å². The standard InChI is InChI=1S/C13H21N3O4S/c1-13(2,3)20-12(17)15-7-11-6-14-9-16(11)10-4-5-21(18,19)8-10/h6,9-10H,4-5,7-8H2,1-3H3,(H,15,17). The quantitative estimate of drug-likeness (QED) is 0.907. The number of alkyl carbamates (subject to hydrolysis) is 1. The monoisotopic (exact) mass is 315 g/mol. The molecule has 8 heteroatoms. The first-order valence-electron chi connectivity index (χ1n) is 6.84. The maximum Gasteiger partial charge on any atom is 0.407 e. The van der Waals surface area contributed by atoms with Crippen molar-refractivity contribution in [3.63, 3.8) is 0 Å². The Morgan fingerprint density at radius 1 is 1.52 bits per heavy atom. The average molecular weight is 315 g/mol. The third-order valence-electron chi connectivity index (χ3n) is 3.16. The number of imidazole rings is 1. The van der Waals surface area contributed by atoms with Gasteiger partial charge in [0.25, 0.3) is 0 Å². The van der Waals surface area contributed by atoms with Crippen LogP contribution in [0.2, 0.25) is 0 Å². The van der Waals surface area contributed by atoms with Gasteiger partial charge in [0.1, 0.15) is 5.60 Å². The minimum atomic E-state index is -2.95. The van der Waals surface area contributed by atoms with Crippen molar-refractivity contribution < 1.29 is 17.9 Å². The van der Waals surface area contributed by atoms with Crippen LogP contribution in [0.25, 0.3) is 0 Å². The molecule has 0 aromatic carbocycles. The Bertz CT molecular complexity index is 616. The fourth-order valence-electron chi connectivity index (χ4n) is 2.27. The summed E-state index contributed by atoms with van der Waals surface area (Å²) in [6.07, 6.45) is 3.31. The van der Waals surface area contributed by atoms with Crippen LogP contribution in [0.5, 0.6) is 0 Å². The Balaban J connectivity index is 1.97. The van der Waals surface area contributed by atoms with Gasteiger partial charge in [-0.15, -0.1) is 0 Å². The molecule has 1 aromatic heterocycles. The van der Waals surface area contributed by atoms with Crippen LogP contribution in [-0.4, -0.2) is 41.2 Å². The van der Waals surface area contributed by atoms with Gasteiger partial charge in [-0.2, -0.15) is 0 Å². The van der Waals surface area contributed by atoms with Gasteiger partial charge in [-0.1, -0.05) is 0 Å². The molecule has 0 spiro atoms. The average Bonchev–Trinajstić information content (AvgIpc) is 2.90. The summed E-state index contributed by atoms with van der Waals surface area (Å²) in [4.78, 5) is 15.7. The Kier molecular flexibility index (Phi) is 4.27. The van der Waals surface area contributed by atoms with Crippen molar-refractivity contribution in [2.75, 3.05) is 11.5 Å². The Hall–Kier alpha value is -1.57. The van der Waals surface area contributed by atoms with E-state index in [0.717, 1.165) is 5.69 Å². The van der Waals surface area contributed by atoms with Gasteiger partial charge in [-0.05, 0) is 27.2 Å². The van der Waals surface area contributed by atoms with Crippen molar-refractivity contribution in [3.8, 4) is 0 Å². The fourth-order valence-corrected chi connectivity index (χ4v) is 3.98. The first kappa shape index (κ1) is 15.8. The summed E-state index contributed by atoms with van der Waals surface area (Å²) in [5.41, 5.74) is 0.215. The van der Waals surface area contributed by atoms with Crippen LogP contribution < -0.4 is 5.32 Å². The molecule has 1 saturated heterocycles. The van der Waals surface area contributed by atoms with E-state index in [9.17, 15) is 13.2 Å². The number of carbonyl (C=O) groups excluding carboxylic acids is 1. The lowest BCUT2D eigenvalue weighted by molar-refractivity contribution is 0.0522. The highest BCUT2D eigenvalue weighted by Gasteiger charge is 2.30. The van der Waals surface area contributed by atoms with E-state index in [2.05, 4.69) is 10.3 Å². The molecule has 2 rings (SSSR count). The van der Waals surface area contributed by atoms with Crippen LogP contribution in [0.4, 0.5) is 4.79 Å². The van der Waals surface area contributed by atoms with Gasteiger partial charge in [0.05, 0.1) is 30.1 Å². The van der Waals surface area contributed by atoms with Crippen LogP contribution in [0.1, 0.15) is 38.9 Å². The minimum Gasteiger partial charge on any atom is -0.444 e. The number of sulfone groups is 1. The lowest BCUT2D eigenvalue weighted by Gasteiger charge is -2.20. The molecular weight excluding hydrogens is 294 g/mol. The number of amides is 1. The van der Waals surface area contributed by atoms with Gasteiger partial charge in [-0.3, -0.25) is 0 Å². The molecule has 0 bridgehead atoms. The molecule has 0 saturated carbocycles. The summed E-state index contributed by atoms with van der Waals surface area (Å²) < 4.78 is 30.1. The SMILES string of the molecule is CC(C)(C)OC(=O)NCc1cncn1C1CCS(=O)(=O)C1. The minimum absolute atomic E-state index is 0.104. The summed E-state index contributed by atoms with van der Waals surface area (Å²) in [5, 5.41) is 2.65. The molecule has 21 heavy (non-hydrogen) atoms. The summed E-state index contributed by atoms with van der Waals surface area (Å²) in [6.45, 7) is 5.63. The van der Waals surface area contributed by atoms with Gasteiger partial charge >= 0.3 is 6.09 Å². The van der Waals surface area contributed by atoms with E-state index in [1.165, 1.54) is 0 Å². The van der Waals surface area contributed by atoms with E-state index in [0.29, 0.717) is 6.42 Å². The highest BCUT2D eigenvalue weighted by Crippen LogP contribution is 2.24. The molecule has 1 unspecified atom stereocenters. The molecule has 0 aliphatic carbocycles. The maximum absolute atomic E-state index is 11.6. The first-order chi connectivity index (χ1) is 9.66. The zero-order valence-electron chi connectivity index (χ0n) is 12.5. The number of nitrogens with one attached hydrogen (secondary N) is 1. The van der Waals surface area contributed by atoms with E-state index in [-0.39, 0.29) is 24.1 Å². The summed E-state index contributed by atoms with van der Waals surface area (Å²) >= 11 is 0. The number of carbonyl (C=O) groups is 1. The Labute approximate surface area is 124 Å². The molecule has 7 nitrogen and oxygen atoms in total. The van der Waals surface area contributed by atoms with Gasteiger partial charge in [0, 0.05) is 12.2 Å². The number of rotatable bonds is 3. The summed E-state index contributed by atoms with van der Waals surface area (Å²) in [6, 6.07) is -0.104. The molecule has 1 aromatic rings. The maximum atomic E-state index is 11.6. The second-order valence-corrected chi connectivity index (χ2v) is 8.43. The molecule has 1 aliphatic heterocycles. The lowest BCUT2D eigenvalue weighted by atomic mass is 10.2. The predicted molar refractivity (Wildman–Crippen MR) is 77.6 cm³/mol. The largest absolute Gasteiger partial charge is 0.444 e. The highest BCUT2D eigenvalue weighted by atomic mass is 32.2. The number of aromatic nitrogens is 2. The van der Waals surface area contributed by atoms with Crippen LogP contribution >= 0.6 is 0 Å². The Morgan fingerprint density at radius 3 is 2.81 bits per heavy atom. The normalized spacial score (nSPS) is 21.2. The van der Waals surface area contributed by atoms with Crippen molar-refractivity contribution in [2.24, 2.45) is 0 Å². The molecule has 1 aliphatic rings. The second-order valence-electron chi connectivity index (χ2n) is 6.20. The Morgan fingerprint density at radius 2 is 2.24 bits per heavy atom. The van der Waals surface area contributed by atoms with Gasteiger partial charge in [-0.25, -0.2) is 18.2 Å². The molecule has 1 fully saturated rings.